The summed E-state index contributed by atoms with van der Waals surface area (Å²) < 4.78 is 31.4. The molecule has 0 saturated carbocycles. The van der Waals surface area contributed by atoms with E-state index in [0.717, 1.165) is 5.56 Å². The fourth-order valence-corrected chi connectivity index (χ4v) is 4.81. The number of carbonyl (C=O) groups excluding carboxylic acids is 1. The van der Waals surface area contributed by atoms with Gasteiger partial charge in [-0.3, -0.25) is 19.0 Å². The maximum Gasteiger partial charge on any atom is 0.295 e. The number of nitrogens with zero attached hydrogens (tertiary/aromatic N) is 2. The number of carbonyl (C=O) groups is 1. The number of aromatic nitrogens is 2. The average Bonchev–Trinajstić information content (AvgIpc) is 3.04. The zero-order valence-corrected chi connectivity index (χ0v) is 20.7. The molecular weight excluding hydrogens is 464 g/mol. The maximum atomic E-state index is 13.1. The first-order valence-corrected chi connectivity index (χ1v) is 12.4. The Kier molecular flexibility index (Phi) is 6.36. The van der Waals surface area contributed by atoms with Crippen LogP contribution in [-0.2, 0) is 17.1 Å². The number of para-hydroxylation sites is 1. The van der Waals surface area contributed by atoms with Crippen LogP contribution in [0, 0.1) is 20.8 Å². The third-order valence-electron chi connectivity index (χ3n) is 5.87. The van der Waals surface area contributed by atoms with E-state index in [-0.39, 0.29) is 27.4 Å². The number of sulfonamides is 1. The molecule has 0 unspecified atom stereocenters. The van der Waals surface area contributed by atoms with Crippen molar-refractivity contribution < 1.29 is 13.2 Å². The van der Waals surface area contributed by atoms with E-state index in [0.29, 0.717) is 16.9 Å². The molecule has 9 heteroatoms. The summed E-state index contributed by atoms with van der Waals surface area (Å²) in [5.74, 6) is -0.521. The Morgan fingerprint density at radius 1 is 0.886 bits per heavy atom. The van der Waals surface area contributed by atoms with E-state index in [1.54, 1.807) is 62.0 Å². The summed E-state index contributed by atoms with van der Waals surface area (Å²) in [5.41, 5.74) is 3.14. The molecule has 1 aromatic heterocycles. The molecule has 1 heterocycles. The molecule has 0 saturated heterocycles. The van der Waals surface area contributed by atoms with Crippen LogP contribution in [0.3, 0.4) is 0 Å². The van der Waals surface area contributed by atoms with E-state index in [9.17, 15) is 18.0 Å². The van der Waals surface area contributed by atoms with Crippen LogP contribution in [-0.4, -0.2) is 23.7 Å². The summed E-state index contributed by atoms with van der Waals surface area (Å²) in [6.45, 7) is 5.36. The van der Waals surface area contributed by atoms with E-state index in [1.807, 2.05) is 25.1 Å². The number of rotatable bonds is 6. The lowest BCUT2D eigenvalue weighted by molar-refractivity contribution is 0.102. The maximum absolute atomic E-state index is 13.1. The lowest BCUT2D eigenvalue weighted by Gasteiger charge is -2.12. The smallest absolute Gasteiger partial charge is 0.295 e. The molecule has 3 aromatic carbocycles. The fourth-order valence-electron chi connectivity index (χ4n) is 3.69. The van der Waals surface area contributed by atoms with Crippen LogP contribution in [0.25, 0.3) is 5.69 Å². The van der Waals surface area contributed by atoms with Crippen LogP contribution >= 0.6 is 0 Å². The van der Waals surface area contributed by atoms with Crippen molar-refractivity contribution >= 4 is 27.3 Å². The highest BCUT2D eigenvalue weighted by Crippen LogP contribution is 2.23. The normalized spacial score (nSPS) is 11.3. The Morgan fingerprint density at radius 3 is 2.20 bits per heavy atom. The van der Waals surface area contributed by atoms with Crippen LogP contribution in [0.4, 0.5) is 11.4 Å². The third-order valence-corrected chi connectivity index (χ3v) is 7.25. The molecule has 8 nitrogen and oxygen atoms in total. The molecular formula is C26H26N4O4S. The molecule has 4 rings (SSSR count). The quantitative estimate of drug-likeness (QED) is 0.424. The summed E-state index contributed by atoms with van der Waals surface area (Å²) >= 11 is 0. The van der Waals surface area contributed by atoms with Gasteiger partial charge in [-0.05, 0) is 62.7 Å². The second kappa shape index (κ2) is 9.27. The molecule has 0 aliphatic carbocycles. The van der Waals surface area contributed by atoms with E-state index in [4.69, 9.17) is 0 Å². The molecule has 0 atom stereocenters. The molecule has 0 bridgehead atoms. The van der Waals surface area contributed by atoms with Gasteiger partial charge in [0.05, 0.1) is 22.0 Å². The largest absolute Gasteiger partial charge is 0.316 e. The first-order chi connectivity index (χ1) is 16.6. The lowest BCUT2D eigenvalue weighted by Crippen LogP contribution is -2.23. The monoisotopic (exact) mass is 490 g/mol. The van der Waals surface area contributed by atoms with E-state index < -0.39 is 15.9 Å². The highest BCUT2D eigenvalue weighted by Gasteiger charge is 2.20. The molecule has 35 heavy (non-hydrogen) atoms. The summed E-state index contributed by atoms with van der Waals surface area (Å²) in [6, 6.07) is 20.3. The van der Waals surface area contributed by atoms with Crippen LogP contribution in [0.15, 0.2) is 82.5 Å². The van der Waals surface area contributed by atoms with Gasteiger partial charge in [-0.25, -0.2) is 13.1 Å². The first kappa shape index (κ1) is 24.0. The number of benzene rings is 3. The van der Waals surface area contributed by atoms with Gasteiger partial charge in [0.15, 0.2) is 0 Å². The minimum absolute atomic E-state index is 0.124. The minimum Gasteiger partial charge on any atom is -0.316 e. The van der Waals surface area contributed by atoms with E-state index in [2.05, 4.69) is 10.0 Å². The number of hydrogen-bond donors (Lipinski definition) is 2. The van der Waals surface area contributed by atoms with Crippen molar-refractivity contribution in [2.24, 2.45) is 7.05 Å². The second-order valence-electron chi connectivity index (χ2n) is 8.34. The number of hydrogen-bond acceptors (Lipinski definition) is 4. The molecule has 2 N–H and O–H groups in total. The molecule has 0 aliphatic heterocycles. The van der Waals surface area contributed by atoms with Crippen molar-refractivity contribution in [2.45, 2.75) is 25.7 Å². The van der Waals surface area contributed by atoms with Crippen LogP contribution in [0.2, 0.25) is 0 Å². The number of nitrogens with one attached hydrogen (secondary N) is 2. The zero-order valence-electron chi connectivity index (χ0n) is 19.9. The highest BCUT2D eigenvalue weighted by molar-refractivity contribution is 7.92. The second-order valence-corrected chi connectivity index (χ2v) is 10.0. The summed E-state index contributed by atoms with van der Waals surface area (Å²) in [5, 5.41) is 2.70. The molecule has 4 aromatic rings. The van der Waals surface area contributed by atoms with E-state index in [1.165, 1.54) is 22.9 Å². The van der Waals surface area contributed by atoms with Crippen LogP contribution in [0.5, 0.6) is 0 Å². The lowest BCUT2D eigenvalue weighted by atomic mass is 10.1. The van der Waals surface area contributed by atoms with Gasteiger partial charge in [-0.1, -0.05) is 42.0 Å². The number of amides is 1. The third kappa shape index (κ3) is 4.76. The Hall–Kier alpha value is -4.11. The average molecular weight is 491 g/mol. The molecule has 0 spiro atoms. The topological polar surface area (TPSA) is 102 Å². The molecule has 1 amide bonds. The van der Waals surface area contributed by atoms with Crippen molar-refractivity contribution in [1.82, 2.24) is 9.36 Å². The van der Waals surface area contributed by atoms with Gasteiger partial charge in [-0.15, -0.1) is 0 Å². The fraction of sp³-hybridized carbons (Fsp3) is 0.154. The van der Waals surface area contributed by atoms with Crippen LogP contribution in [0.1, 0.15) is 27.2 Å². The van der Waals surface area contributed by atoms with Crippen molar-refractivity contribution in [3.63, 3.8) is 0 Å². The SMILES string of the molecule is Cc1ccc(S(=O)(=O)Nc2cc(C(=O)Nc3c(C)n(C)n(-c4ccccc4)c3=O)ccc2C)cc1. The van der Waals surface area contributed by atoms with Crippen molar-refractivity contribution in [3.05, 3.63) is 106 Å². The van der Waals surface area contributed by atoms with Gasteiger partial charge in [0.1, 0.15) is 5.69 Å². The summed E-state index contributed by atoms with van der Waals surface area (Å²) in [6.07, 6.45) is 0. The van der Waals surface area contributed by atoms with Gasteiger partial charge >= 0.3 is 0 Å². The molecule has 0 aliphatic rings. The molecule has 0 fully saturated rings. The van der Waals surface area contributed by atoms with Crippen molar-refractivity contribution in [2.75, 3.05) is 10.0 Å². The minimum atomic E-state index is -3.84. The van der Waals surface area contributed by atoms with Crippen LogP contribution < -0.4 is 15.6 Å². The van der Waals surface area contributed by atoms with Gasteiger partial charge in [0, 0.05) is 12.6 Å². The standard InChI is InChI=1S/C26H26N4O4S/c1-17-10-14-22(15-11-17)35(33,34)28-23-16-20(13-12-18(23)2)25(31)27-24-19(3)29(4)30(26(24)32)21-8-6-5-7-9-21/h5-16,28H,1-4H3,(H,27,31). The predicted molar refractivity (Wildman–Crippen MR) is 137 cm³/mol. The Balaban J connectivity index is 1.63. The highest BCUT2D eigenvalue weighted by atomic mass is 32.2. The predicted octanol–water partition coefficient (Wildman–Crippen LogP) is 4.15. The van der Waals surface area contributed by atoms with Crippen molar-refractivity contribution in [3.8, 4) is 5.69 Å². The number of anilines is 2. The Morgan fingerprint density at radius 2 is 1.54 bits per heavy atom. The van der Waals surface area contributed by atoms with Gasteiger partial charge in [0.2, 0.25) is 0 Å². The van der Waals surface area contributed by atoms with Gasteiger partial charge in [-0.2, -0.15) is 0 Å². The van der Waals surface area contributed by atoms with Gasteiger partial charge < -0.3 is 5.32 Å². The first-order valence-electron chi connectivity index (χ1n) is 10.9. The Bertz CT molecular complexity index is 1570. The van der Waals surface area contributed by atoms with E-state index >= 15 is 0 Å². The molecule has 0 radical (unpaired) electrons. The molecule has 180 valence electrons. The van der Waals surface area contributed by atoms with Gasteiger partial charge in [0.25, 0.3) is 21.5 Å². The summed E-state index contributed by atoms with van der Waals surface area (Å²) in [4.78, 5) is 26.3. The zero-order chi connectivity index (χ0) is 25.3. The Labute approximate surface area is 203 Å². The van der Waals surface area contributed by atoms with Crippen molar-refractivity contribution in [1.29, 1.82) is 0 Å². The number of aryl methyl sites for hydroxylation is 2. The summed E-state index contributed by atoms with van der Waals surface area (Å²) in [7, 11) is -2.10.